The molecule has 0 aromatic heterocycles. The van der Waals surface area contributed by atoms with Crippen LogP contribution in [0.5, 0.6) is 0 Å². The highest BCUT2D eigenvalue weighted by Crippen LogP contribution is 2.27. The molecular weight excluding hydrogens is 168 g/mol. The van der Waals surface area contributed by atoms with Crippen LogP contribution in [0.2, 0.25) is 0 Å². The second-order valence-corrected chi connectivity index (χ2v) is 3.73. The molecule has 13 heavy (non-hydrogen) atoms. The largest absolute Gasteiger partial charge is 0.503 e. The van der Waals surface area contributed by atoms with Crippen LogP contribution in [0, 0.1) is 11.8 Å². The van der Waals surface area contributed by atoms with E-state index < -0.39 is 6.16 Å². The van der Waals surface area contributed by atoms with Crippen molar-refractivity contribution in [2.75, 3.05) is 0 Å². The van der Waals surface area contributed by atoms with Gasteiger partial charge >= 0.3 is 6.16 Å². The number of rotatable bonds is 0. The van der Waals surface area contributed by atoms with Crippen LogP contribution in [0.3, 0.4) is 0 Å². The first-order chi connectivity index (χ1) is 5.93. The summed E-state index contributed by atoms with van der Waals surface area (Å²) in [6.45, 7) is 6.93. The molecule has 0 saturated carbocycles. The molecule has 0 radical (unpaired) electrons. The average molecular weight is 186 g/mol. The quantitative estimate of drug-likeness (QED) is 0.571. The van der Waals surface area contributed by atoms with Crippen LogP contribution < -0.4 is 0 Å². The molecular formula is C10H18O3. The second-order valence-electron chi connectivity index (χ2n) is 3.73. The molecule has 2 unspecified atom stereocenters. The van der Waals surface area contributed by atoms with Crippen LogP contribution in [-0.2, 0) is 0 Å². The Bertz CT molecular complexity index is 192. The van der Waals surface area contributed by atoms with Crippen molar-refractivity contribution in [3.05, 3.63) is 11.6 Å². The van der Waals surface area contributed by atoms with Crippen molar-refractivity contribution in [3.63, 3.8) is 0 Å². The number of hydrogen-bond acceptors (Lipinski definition) is 1. The maximum absolute atomic E-state index is 8.56. The van der Waals surface area contributed by atoms with E-state index in [1.807, 2.05) is 0 Å². The van der Waals surface area contributed by atoms with Gasteiger partial charge in [0.15, 0.2) is 0 Å². The van der Waals surface area contributed by atoms with Crippen LogP contribution in [0.4, 0.5) is 4.79 Å². The molecule has 0 aliphatic heterocycles. The van der Waals surface area contributed by atoms with Gasteiger partial charge in [-0.3, -0.25) is 0 Å². The summed E-state index contributed by atoms with van der Waals surface area (Å²) in [6, 6.07) is 0. The molecule has 0 bridgehead atoms. The van der Waals surface area contributed by atoms with Crippen LogP contribution >= 0.6 is 0 Å². The van der Waals surface area contributed by atoms with Gasteiger partial charge < -0.3 is 10.2 Å². The third kappa shape index (κ3) is 6.20. The monoisotopic (exact) mass is 186 g/mol. The van der Waals surface area contributed by atoms with Gasteiger partial charge in [0.05, 0.1) is 0 Å². The van der Waals surface area contributed by atoms with Gasteiger partial charge in [0, 0.05) is 0 Å². The van der Waals surface area contributed by atoms with E-state index in [1.165, 1.54) is 12.8 Å². The maximum atomic E-state index is 8.56. The van der Waals surface area contributed by atoms with Crippen molar-refractivity contribution < 1.29 is 15.0 Å². The van der Waals surface area contributed by atoms with Gasteiger partial charge in [0.2, 0.25) is 0 Å². The first kappa shape index (κ1) is 12.0. The van der Waals surface area contributed by atoms with Gasteiger partial charge in [-0.1, -0.05) is 25.5 Å². The van der Waals surface area contributed by atoms with E-state index in [4.69, 9.17) is 15.0 Å². The number of hydrogen-bond donors (Lipinski definition) is 2. The standard InChI is InChI=1S/C9H16.CH2O3/c1-7-4-5-8(2)9(3)6-7;2-1(3)4/h4,8-9H,5-6H2,1-3H3;(H2,2,3,4). The highest BCUT2D eigenvalue weighted by molar-refractivity contribution is 5.53. The highest BCUT2D eigenvalue weighted by Gasteiger charge is 2.15. The third-order valence-corrected chi connectivity index (χ3v) is 2.45. The predicted octanol–water partition coefficient (Wildman–Crippen LogP) is 3.22. The summed E-state index contributed by atoms with van der Waals surface area (Å²) in [7, 11) is 0. The number of carbonyl (C=O) groups is 1. The Labute approximate surface area is 79.1 Å². The normalized spacial score (nSPS) is 26.8. The van der Waals surface area contributed by atoms with Gasteiger partial charge in [0.25, 0.3) is 0 Å². The molecule has 0 aromatic rings. The predicted molar refractivity (Wildman–Crippen MR) is 52.0 cm³/mol. The average Bonchev–Trinajstić information content (AvgIpc) is 1.96. The summed E-state index contributed by atoms with van der Waals surface area (Å²) in [4.78, 5) is 8.56. The third-order valence-electron chi connectivity index (χ3n) is 2.45. The molecule has 76 valence electrons. The molecule has 1 aliphatic rings. The van der Waals surface area contributed by atoms with Gasteiger partial charge in [0.1, 0.15) is 0 Å². The van der Waals surface area contributed by atoms with E-state index >= 15 is 0 Å². The lowest BCUT2D eigenvalue weighted by molar-refractivity contribution is 0.137. The van der Waals surface area contributed by atoms with Crippen molar-refractivity contribution >= 4 is 6.16 Å². The van der Waals surface area contributed by atoms with E-state index in [1.54, 1.807) is 5.57 Å². The summed E-state index contributed by atoms with van der Waals surface area (Å²) in [6.07, 6.45) is 3.17. The fourth-order valence-corrected chi connectivity index (χ4v) is 1.41. The van der Waals surface area contributed by atoms with E-state index in [2.05, 4.69) is 26.8 Å². The molecule has 2 N–H and O–H groups in total. The van der Waals surface area contributed by atoms with Gasteiger partial charge in [-0.25, -0.2) is 4.79 Å². The fourth-order valence-electron chi connectivity index (χ4n) is 1.41. The molecule has 0 fully saturated rings. The molecule has 0 amide bonds. The Balaban J connectivity index is 0.000000310. The van der Waals surface area contributed by atoms with E-state index in [-0.39, 0.29) is 0 Å². The molecule has 0 saturated heterocycles. The van der Waals surface area contributed by atoms with Gasteiger partial charge in [-0.2, -0.15) is 0 Å². The molecule has 3 nitrogen and oxygen atoms in total. The van der Waals surface area contributed by atoms with Crippen LogP contribution in [0.1, 0.15) is 33.6 Å². The van der Waals surface area contributed by atoms with Crippen molar-refractivity contribution in [1.29, 1.82) is 0 Å². The second kappa shape index (κ2) is 5.62. The molecule has 3 heteroatoms. The van der Waals surface area contributed by atoms with Gasteiger partial charge in [-0.15, -0.1) is 0 Å². The van der Waals surface area contributed by atoms with Gasteiger partial charge in [-0.05, 0) is 31.6 Å². The topological polar surface area (TPSA) is 57.5 Å². The number of carboxylic acid groups (broad SMARTS) is 2. The summed E-state index contributed by atoms with van der Waals surface area (Å²) in [5, 5.41) is 13.9. The minimum atomic E-state index is -1.83. The van der Waals surface area contributed by atoms with Crippen molar-refractivity contribution in [1.82, 2.24) is 0 Å². The summed E-state index contributed by atoms with van der Waals surface area (Å²) < 4.78 is 0. The maximum Gasteiger partial charge on any atom is 0.503 e. The Morgan fingerprint density at radius 3 is 2.15 bits per heavy atom. The summed E-state index contributed by atoms with van der Waals surface area (Å²) >= 11 is 0. The first-order valence-electron chi connectivity index (χ1n) is 4.51. The molecule has 2 atom stereocenters. The number of allylic oxidation sites excluding steroid dienone is 2. The van der Waals surface area contributed by atoms with E-state index in [0.29, 0.717) is 0 Å². The van der Waals surface area contributed by atoms with Crippen LogP contribution in [-0.4, -0.2) is 16.4 Å². The van der Waals surface area contributed by atoms with E-state index in [0.717, 1.165) is 11.8 Å². The summed E-state index contributed by atoms with van der Waals surface area (Å²) in [5.74, 6) is 1.82. The Morgan fingerprint density at radius 2 is 1.85 bits per heavy atom. The summed E-state index contributed by atoms with van der Waals surface area (Å²) in [5.41, 5.74) is 1.58. The Hall–Kier alpha value is -0.990. The lowest BCUT2D eigenvalue weighted by atomic mass is 9.83. The lowest BCUT2D eigenvalue weighted by Crippen LogP contribution is -2.11. The Kier molecular flexibility index (Phi) is 5.19. The van der Waals surface area contributed by atoms with Crippen molar-refractivity contribution in [2.24, 2.45) is 11.8 Å². The van der Waals surface area contributed by atoms with E-state index in [9.17, 15) is 0 Å². The van der Waals surface area contributed by atoms with Crippen molar-refractivity contribution in [3.8, 4) is 0 Å². The SMILES string of the molecule is CC1=CCC(C)C(C)C1.O=C(O)O. The molecule has 0 heterocycles. The molecule has 0 spiro atoms. The Morgan fingerprint density at radius 1 is 1.38 bits per heavy atom. The zero-order chi connectivity index (χ0) is 10.4. The zero-order valence-electron chi connectivity index (χ0n) is 8.45. The minimum absolute atomic E-state index is 0.911. The lowest BCUT2D eigenvalue weighted by Gasteiger charge is -2.23. The highest BCUT2D eigenvalue weighted by atomic mass is 16.6. The fraction of sp³-hybridized carbons (Fsp3) is 0.700. The van der Waals surface area contributed by atoms with Crippen molar-refractivity contribution in [2.45, 2.75) is 33.6 Å². The zero-order valence-corrected chi connectivity index (χ0v) is 8.45. The first-order valence-corrected chi connectivity index (χ1v) is 4.51. The molecule has 1 rings (SSSR count). The smallest absolute Gasteiger partial charge is 0.450 e. The minimum Gasteiger partial charge on any atom is -0.450 e. The molecule has 0 aromatic carbocycles. The van der Waals surface area contributed by atoms with Crippen LogP contribution in [0.25, 0.3) is 0 Å². The molecule has 1 aliphatic carbocycles. The van der Waals surface area contributed by atoms with Crippen LogP contribution in [0.15, 0.2) is 11.6 Å².